The molecule has 1 aliphatic heterocycles. The number of aliphatic hydroxyl groups is 1. The van der Waals surface area contributed by atoms with Gasteiger partial charge in [-0.3, -0.25) is 9.59 Å². The average molecular weight is 515 g/mol. The van der Waals surface area contributed by atoms with Gasteiger partial charge in [0.1, 0.15) is 0 Å². The van der Waals surface area contributed by atoms with Gasteiger partial charge in [-0.2, -0.15) is 0 Å². The summed E-state index contributed by atoms with van der Waals surface area (Å²) in [7, 11) is 5.93. The first-order valence-electron chi connectivity index (χ1n) is 13.1. The molecule has 1 heterocycles. The van der Waals surface area contributed by atoms with Crippen molar-refractivity contribution >= 4 is 23.2 Å². The fraction of sp³-hybridized carbons (Fsp3) is 0.355. The molecule has 0 radical (unpaired) electrons. The number of carbonyl (C=O) groups excluding carboxylic acids is 2. The molecule has 3 aromatic carbocycles. The molecule has 1 aliphatic rings. The van der Waals surface area contributed by atoms with Crippen molar-refractivity contribution in [3.8, 4) is 0 Å². The summed E-state index contributed by atoms with van der Waals surface area (Å²) in [6.45, 7) is 1.22. The number of carbonyl (C=O) groups is 2. The molecule has 200 valence electrons. The van der Waals surface area contributed by atoms with Crippen LogP contribution in [-0.2, 0) is 22.6 Å². The second kappa shape index (κ2) is 12.6. The maximum absolute atomic E-state index is 13.3. The second-order valence-electron chi connectivity index (χ2n) is 10.3. The monoisotopic (exact) mass is 514 g/mol. The average Bonchev–Trinajstić information content (AvgIpc) is 3.29. The van der Waals surface area contributed by atoms with E-state index >= 15 is 0 Å². The molecule has 3 aromatic rings. The summed E-state index contributed by atoms with van der Waals surface area (Å²) >= 11 is 0. The first-order chi connectivity index (χ1) is 18.3. The van der Waals surface area contributed by atoms with Crippen molar-refractivity contribution in [3.05, 3.63) is 96.1 Å². The molecule has 0 aliphatic carbocycles. The molecular formula is C31H38N4O3. The quantitative estimate of drug-likeness (QED) is 0.411. The number of nitrogens with zero attached hydrogens (tertiary/aromatic N) is 3. The van der Waals surface area contributed by atoms with E-state index in [1.807, 2.05) is 110 Å². The minimum atomic E-state index is -0.815. The lowest BCUT2D eigenvalue weighted by atomic mass is 9.99. The van der Waals surface area contributed by atoms with Crippen molar-refractivity contribution in [2.45, 2.75) is 31.5 Å². The lowest BCUT2D eigenvalue weighted by Gasteiger charge is -2.30. The summed E-state index contributed by atoms with van der Waals surface area (Å²) < 4.78 is 0. The third-order valence-electron chi connectivity index (χ3n) is 7.14. The predicted molar refractivity (Wildman–Crippen MR) is 152 cm³/mol. The van der Waals surface area contributed by atoms with Crippen LogP contribution in [0.4, 0.5) is 11.4 Å². The Morgan fingerprint density at radius 1 is 0.947 bits per heavy atom. The number of hydrogen-bond acceptors (Lipinski definition) is 5. The molecule has 2 amide bonds. The summed E-state index contributed by atoms with van der Waals surface area (Å²) in [5.41, 5.74) is 4.13. The van der Waals surface area contributed by atoms with Gasteiger partial charge in [-0.15, -0.1) is 0 Å². The molecule has 0 unspecified atom stereocenters. The maximum atomic E-state index is 13.3. The van der Waals surface area contributed by atoms with Gasteiger partial charge in [0.05, 0.1) is 18.1 Å². The van der Waals surface area contributed by atoms with E-state index in [0.717, 1.165) is 22.5 Å². The molecule has 1 fully saturated rings. The van der Waals surface area contributed by atoms with Crippen LogP contribution in [0.15, 0.2) is 84.9 Å². The summed E-state index contributed by atoms with van der Waals surface area (Å²) in [5.74, 6) is -0.646. The Morgan fingerprint density at radius 3 is 2.24 bits per heavy atom. The highest BCUT2D eigenvalue weighted by atomic mass is 16.3. The number of benzene rings is 3. The van der Waals surface area contributed by atoms with E-state index in [4.69, 9.17) is 0 Å². The summed E-state index contributed by atoms with van der Waals surface area (Å²) in [4.78, 5) is 31.8. The summed E-state index contributed by atoms with van der Waals surface area (Å²) in [5, 5.41) is 14.4. The number of hydrogen-bond donors (Lipinski definition) is 2. The fourth-order valence-electron chi connectivity index (χ4n) is 4.88. The minimum absolute atomic E-state index is 0.0188. The zero-order valence-electron chi connectivity index (χ0n) is 22.5. The smallest absolute Gasteiger partial charge is 0.225 e. The second-order valence-corrected chi connectivity index (χ2v) is 10.3. The van der Waals surface area contributed by atoms with Crippen LogP contribution in [0.3, 0.4) is 0 Å². The highest BCUT2D eigenvalue weighted by Crippen LogP contribution is 2.23. The number of likely N-dealkylation sites (tertiary alicyclic amines) is 1. The molecule has 4 rings (SSSR count). The number of anilines is 2. The van der Waals surface area contributed by atoms with E-state index in [1.165, 1.54) is 0 Å². The number of nitrogens with one attached hydrogen (secondary N) is 1. The maximum Gasteiger partial charge on any atom is 0.225 e. The highest BCUT2D eigenvalue weighted by Gasteiger charge is 2.36. The van der Waals surface area contributed by atoms with E-state index in [1.54, 1.807) is 4.90 Å². The van der Waals surface area contributed by atoms with Crippen LogP contribution < -0.4 is 15.1 Å². The van der Waals surface area contributed by atoms with Crippen LogP contribution in [-0.4, -0.2) is 68.2 Å². The zero-order valence-corrected chi connectivity index (χ0v) is 22.5. The van der Waals surface area contributed by atoms with Crippen molar-refractivity contribution in [1.82, 2.24) is 10.2 Å². The van der Waals surface area contributed by atoms with E-state index in [2.05, 4.69) is 11.4 Å². The van der Waals surface area contributed by atoms with Gasteiger partial charge in [0, 0.05) is 58.6 Å². The van der Waals surface area contributed by atoms with Gasteiger partial charge in [-0.05, 0) is 35.7 Å². The molecule has 0 saturated carbocycles. The minimum Gasteiger partial charge on any atom is -0.389 e. The molecule has 1 saturated heterocycles. The largest absolute Gasteiger partial charge is 0.389 e. The van der Waals surface area contributed by atoms with Crippen molar-refractivity contribution < 1.29 is 14.7 Å². The Balaban J connectivity index is 1.43. The number of likely N-dealkylation sites (N-methyl/N-ethyl adjacent to an activating group) is 1. The van der Waals surface area contributed by atoms with E-state index in [9.17, 15) is 14.7 Å². The topological polar surface area (TPSA) is 76.1 Å². The zero-order chi connectivity index (χ0) is 27.1. The SMILES string of the molecule is CN(C)c1cccc(N(C)C[C@@H](O)[C@H](Cc2ccccc2)NC(=O)[C@H]2CC(=O)N(Cc3ccccc3)C2)c1. The van der Waals surface area contributed by atoms with Gasteiger partial charge in [-0.1, -0.05) is 66.7 Å². The van der Waals surface area contributed by atoms with Gasteiger partial charge in [0.15, 0.2) is 0 Å². The van der Waals surface area contributed by atoms with Gasteiger partial charge < -0.3 is 25.1 Å². The Hall–Kier alpha value is -3.84. The van der Waals surface area contributed by atoms with Crippen LogP contribution in [0.1, 0.15) is 17.5 Å². The molecule has 0 bridgehead atoms. The van der Waals surface area contributed by atoms with E-state index in [-0.39, 0.29) is 18.2 Å². The van der Waals surface area contributed by atoms with Gasteiger partial charge >= 0.3 is 0 Å². The van der Waals surface area contributed by atoms with E-state index in [0.29, 0.717) is 26.1 Å². The molecule has 0 spiro atoms. The normalized spacial score (nSPS) is 16.7. The molecule has 38 heavy (non-hydrogen) atoms. The summed E-state index contributed by atoms with van der Waals surface area (Å²) in [6, 6.07) is 27.3. The first-order valence-corrected chi connectivity index (χ1v) is 13.1. The van der Waals surface area contributed by atoms with Crippen LogP contribution in [0.5, 0.6) is 0 Å². The highest BCUT2D eigenvalue weighted by molar-refractivity contribution is 5.89. The third kappa shape index (κ3) is 7.13. The van der Waals surface area contributed by atoms with Crippen molar-refractivity contribution in [3.63, 3.8) is 0 Å². The van der Waals surface area contributed by atoms with Crippen molar-refractivity contribution in [2.75, 3.05) is 44.0 Å². The molecular weight excluding hydrogens is 476 g/mol. The standard InChI is InChI=1S/C31H38N4O3/c1-33(2)26-15-10-16-27(19-26)34(3)22-29(36)28(17-23-11-6-4-7-12-23)32-31(38)25-18-30(37)35(21-25)20-24-13-8-5-9-14-24/h4-16,19,25,28-29,36H,17-18,20-22H2,1-3H3,(H,32,38)/t25-,28-,29+/m0/s1. The first kappa shape index (κ1) is 27.2. The van der Waals surface area contributed by atoms with Crippen molar-refractivity contribution in [1.29, 1.82) is 0 Å². The third-order valence-corrected chi connectivity index (χ3v) is 7.14. The van der Waals surface area contributed by atoms with Crippen LogP contribution in [0.25, 0.3) is 0 Å². The van der Waals surface area contributed by atoms with Crippen LogP contribution in [0.2, 0.25) is 0 Å². The van der Waals surface area contributed by atoms with E-state index < -0.39 is 18.1 Å². The molecule has 0 aromatic heterocycles. The Labute approximate surface area is 225 Å². The lowest BCUT2D eigenvalue weighted by molar-refractivity contribution is -0.129. The molecule has 3 atom stereocenters. The van der Waals surface area contributed by atoms with Crippen molar-refractivity contribution in [2.24, 2.45) is 5.92 Å². The Kier molecular flexibility index (Phi) is 9.02. The fourth-order valence-corrected chi connectivity index (χ4v) is 4.88. The van der Waals surface area contributed by atoms with Gasteiger partial charge in [-0.25, -0.2) is 0 Å². The number of aliphatic hydroxyl groups excluding tert-OH is 1. The number of rotatable bonds is 11. The molecule has 7 heteroatoms. The lowest BCUT2D eigenvalue weighted by Crippen LogP contribution is -2.50. The molecule has 7 nitrogen and oxygen atoms in total. The van der Waals surface area contributed by atoms with Crippen LogP contribution >= 0.6 is 0 Å². The number of amides is 2. The van der Waals surface area contributed by atoms with Gasteiger partial charge in [0.25, 0.3) is 0 Å². The molecule has 2 N–H and O–H groups in total. The predicted octanol–water partition coefficient (Wildman–Crippen LogP) is 3.33. The summed E-state index contributed by atoms with van der Waals surface area (Å²) in [6.07, 6.45) is -0.137. The Morgan fingerprint density at radius 2 is 1.58 bits per heavy atom. The Bertz CT molecular complexity index is 1200. The van der Waals surface area contributed by atoms with Gasteiger partial charge in [0.2, 0.25) is 11.8 Å². The van der Waals surface area contributed by atoms with Crippen LogP contribution in [0, 0.1) is 5.92 Å².